The van der Waals surface area contributed by atoms with Gasteiger partial charge in [0.15, 0.2) is 0 Å². The lowest BCUT2D eigenvalue weighted by molar-refractivity contribution is 0.195. The van der Waals surface area contributed by atoms with E-state index in [1.165, 1.54) is 120 Å². The van der Waals surface area contributed by atoms with Crippen LogP contribution in [0.1, 0.15) is 130 Å². The lowest BCUT2D eigenvalue weighted by Crippen LogP contribution is -2.61. The Bertz CT molecular complexity index is 3070. The Kier molecular flexibility index (Phi) is 9.76. The van der Waals surface area contributed by atoms with Gasteiger partial charge in [-0.3, -0.25) is 0 Å². The molecule has 338 valence electrons. The fourth-order valence-corrected chi connectivity index (χ4v) is 12.5. The molecule has 3 heterocycles. The van der Waals surface area contributed by atoms with Crippen molar-refractivity contribution in [3.63, 3.8) is 0 Å². The van der Waals surface area contributed by atoms with Crippen LogP contribution < -0.4 is 31.1 Å². The maximum Gasteiger partial charge on any atom is 0.252 e. The van der Waals surface area contributed by atoms with E-state index in [-0.39, 0.29) is 33.9 Å². The summed E-state index contributed by atoms with van der Waals surface area (Å²) in [5.41, 5.74) is 23.5. The van der Waals surface area contributed by atoms with Crippen molar-refractivity contribution >= 4 is 68.6 Å². The van der Waals surface area contributed by atoms with Crippen LogP contribution in [0, 0.1) is 6.92 Å². The molecule has 1 fully saturated rings. The highest BCUT2D eigenvalue weighted by Crippen LogP contribution is 2.61. The summed E-state index contributed by atoms with van der Waals surface area (Å²) in [6.07, 6.45) is 4.82. The molecule has 1 saturated carbocycles. The molecule has 0 N–H and O–H groups in total. The van der Waals surface area contributed by atoms with Gasteiger partial charge >= 0.3 is 0 Å². The Balaban J connectivity index is 1.17. The largest absolute Gasteiger partial charge is 0.334 e. The normalized spacial score (nSPS) is 19.7. The maximum atomic E-state index is 2.77. The third-order valence-corrected chi connectivity index (χ3v) is 16.5. The minimum atomic E-state index is -0.0886. The van der Waals surface area contributed by atoms with Gasteiger partial charge in [-0.1, -0.05) is 161 Å². The summed E-state index contributed by atoms with van der Waals surface area (Å²) >= 11 is 0. The Labute approximate surface area is 402 Å². The van der Waals surface area contributed by atoms with Crippen LogP contribution in [0.15, 0.2) is 146 Å². The predicted molar refractivity (Wildman–Crippen MR) is 290 cm³/mol. The van der Waals surface area contributed by atoms with Crippen molar-refractivity contribution in [3.05, 3.63) is 173 Å². The van der Waals surface area contributed by atoms with Gasteiger partial charge in [-0.15, -0.1) is 0 Å². The van der Waals surface area contributed by atoms with E-state index in [1.54, 1.807) is 0 Å². The number of hydrogen-bond donors (Lipinski definition) is 0. The van der Waals surface area contributed by atoms with Crippen LogP contribution in [-0.4, -0.2) is 12.3 Å². The molecule has 0 spiro atoms. The first-order chi connectivity index (χ1) is 31.8. The first kappa shape index (κ1) is 43.6. The molecule has 4 heteroatoms. The Hall–Kier alpha value is -6.00. The zero-order valence-corrected chi connectivity index (χ0v) is 42.1. The van der Waals surface area contributed by atoms with Gasteiger partial charge < -0.3 is 14.7 Å². The first-order valence-electron chi connectivity index (χ1n) is 25.0. The van der Waals surface area contributed by atoms with Crippen LogP contribution in [-0.2, 0) is 21.7 Å². The molecule has 11 rings (SSSR count). The molecule has 7 aromatic rings. The van der Waals surface area contributed by atoms with Gasteiger partial charge in [-0.25, -0.2) is 0 Å². The molecule has 0 aromatic heterocycles. The molecule has 2 atom stereocenters. The molecular weight excluding hydrogens is 810 g/mol. The zero-order chi connectivity index (χ0) is 47.0. The number of aryl methyl sites for hydroxylation is 1. The molecule has 0 amide bonds. The second-order valence-corrected chi connectivity index (χ2v) is 23.9. The standard InChI is InChI=1S/C63H68BN3/c1-41-36-56-58-57(37-41)66(48-28-23-45(24-29-48)60(5,6)7)55-40-49(67-53-32-20-43(42-18-14-13-15-19-42)38-50(53)62(11)34-16-17-35-63(62,67)12)30-31-51(55)64(58)52-39-46(61(8,9)10)25-33-54(52)65(56)47-26-21-44(22-27-47)59(2,3)4/h13-15,18-33,36-40H,16-17,34-35H2,1-12H3. The molecule has 4 aliphatic rings. The molecule has 67 heavy (non-hydrogen) atoms. The smallest absolute Gasteiger partial charge is 0.252 e. The van der Waals surface area contributed by atoms with E-state index < -0.39 is 0 Å². The lowest BCUT2D eigenvalue weighted by Gasteiger charge is -2.50. The molecule has 0 bridgehead atoms. The predicted octanol–water partition coefficient (Wildman–Crippen LogP) is 15.4. The van der Waals surface area contributed by atoms with Crippen molar-refractivity contribution in [2.45, 2.75) is 136 Å². The van der Waals surface area contributed by atoms with Crippen LogP contribution in [0.25, 0.3) is 11.1 Å². The van der Waals surface area contributed by atoms with Crippen LogP contribution in [0.5, 0.6) is 0 Å². The lowest BCUT2D eigenvalue weighted by atomic mass is 9.33. The summed E-state index contributed by atoms with van der Waals surface area (Å²) in [5, 5.41) is 0. The monoisotopic (exact) mass is 878 g/mol. The van der Waals surface area contributed by atoms with Crippen molar-refractivity contribution in [2.24, 2.45) is 0 Å². The third-order valence-electron chi connectivity index (χ3n) is 16.5. The van der Waals surface area contributed by atoms with Gasteiger partial charge in [0.25, 0.3) is 6.71 Å². The summed E-state index contributed by atoms with van der Waals surface area (Å²) in [7, 11) is 0. The average molecular weight is 878 g/mol. The van der Waals surface area contributed by atoms with E-state index in [0.29, 0.717) is 0 Å². The van der Waals surface area contributed by atoms with Gasteiger partial charge in [-0.05, 0) is 165 Å². The molecule has 0 radical (unpaired) electrons. The molecule has 0 saturated heterocycles. The van der Waals surface area contributed by atoms with Crippen LogP contribution >= 0.6 is 0 Å². The van der Waals surface area contributed by atoms with Gasteiger partial charge in [0.05, 0.1) is 5.54 Å². The Morgan fingerprint density at radius 2 is 0.985 bits per heavy atom. The van der Waals surface area contributed by atoms with Gasteiger partial charge in [0.1, 0.15) is 0 Å². The molecule has 2 unspecified atom stereocenters. The van der Waals surface area contributed by atoms with Crippen molar-refractivity contribution in [2.75, 3.05) is 14.7 Å². The van der Waals surface area contributed by atoms with Crippen molar-refractivity contribution in [3.8, 4) is 11.1 Å². The van der Waals surface area contributed by atoms with E-state index in [4.69, 9.17) is 0 Å². The summed E-state index contributed by atoms with van der Waals surface area (Å²) < 4.78 is 0. The first-order valence-corrected chi connectivity index (χ1v) is 25.0. The summed E-state index contributed by atoms with van der Waals surface area (Å²) in [6, 6.07) is 56.9. The highest BCUT2D eigenvalue weighted by atomic mass is 15.3. The quantitative estimate of drug-likeness (QED) is 0.163. The number of hydrogen-bond acceptors (Lipinski definition) is 3. The second kappa shape index (κ2) is 15.0. The van der Waals surface area contributed by atoms with Crippen LogP contribution in [0.4, 0.5) is 45.5 Å². The fourth-order valence-electron chi connectivity index (χ4n) is 12.5. The number of rotatable bonds is 4. The fraction of sp³-hybridized carbons (Fsp3) is 0.333. The molecule has 3 nitrogen and oxygen atoms in total. The Morgan fingerprint density at radius 1 is 0.448 bits per heavy atom. The minimum Gasteiger partial charge on any atom is -0.334 e. The number of fused-ring (bicyclic) bond motifs is 7. The molecule has 7 aromatic carbocycles. The SMILES string of the molecule is Cc1cc2c3c(c1)N(c1ccc(C(C)(C)C)cc1)c1cc(N4c5ccc(-c6ccccc6)cc5C5(C)CCCCC45C)ccc1B3c1cc(C(C)(C)C)ccc1N2c1ccc(C(C)(C)C)cc1. The minimum absolute atomic E-state index is 0.00255. The van der Waals surface area contributed by atoms with Crippen LogP contribution in [0.3, 0.4) is 0 Å². The summed E-state index contributed by atoms with van der Waals surface area (Å²) in [5.74, 6) is 0. The summed E-state index contributed by atoms with van der Waals surface area (Å²) in [4.78, 5) is 7.95. The van der Waals surface area contributed by atoms with Crippen LogP contribution in [0.2, 0.25) is 0 Å². The molecule has 1 aliphatic carbocycles. The number of benzene rings is 7. The van der Waals surface area contributed by atoms with E-state index in [0.717, 1.165) is 6.42 Å². The molecule has 3 aliphatic heterocycles. The third kappa shape index (κ3) is 6.75. The van der Waals surface area contributed by atoms with Gasteiger partial charge in [-0.2, -0.15) is 0 Å². The number of nitrogens with zero attached hydrogens (tertiary/aromatic N) is 3. The highest BCUT2D eigenvalue weighted by Gasteiger charge is 2.58. The van der Waals surface area contributed by atoms with E-state index in [1.807, 2.05) is 0 Å². The van der Waals surface area contributed by atoms with E-state index in [9.17, 15) is 0 Å². The maximum absolute atomic E-state index is 2.77. The van der Waals surface area contributed by atoms with E-state index >= 15 is 0 Å². The molecular formula is C63H68BN3. The van der Waals surface area contributed by atoms with Crippen molar-refractivity contribution in [1.82, 2.24) is 0 Å². The summed E-state index contributed by atoms with van der Waals surface area (Å²) in [6.45, 7) is 28.4. The highest BCUT2D eigenvalue weighted by molar-refractivity contribution is 7.00. The zero-order valence-electron chi connectivity index (χ0n) is 42.1. The van der Waals surface area contributed by atoms with E-state index in [2.05, 4.69) is 243 Å². The Morgan fingerprint density at radius 3 is 1.58 bits per heavy atom. The van der Waals surface area contributed by atoms with Crippen molar-refractivity contribution < 1.29 is 0 Å². The average Bonchev–Trinajstić information content (AvgIpc) is 3.50. The number of anilines is 8. The topological polar surface area (TPSA) is 9.72 Å². The van der Waals surface area contributed by atoms with Gasteiger partial charge in [0, 0.05) is 50.9 Å². The van der Waals surface area contributed by atoms with Gasteiger partial charge in [0.2, 0.25) is 0 Å². The second-order valence-electron chi connectivity index (χ2n) is 23.9. The van der Waals surface area contributed by atoms with Crippen molar-refractivity contribution in [1.29, 1.82) is 0 Å².